The molecule has 2 rings (SSSR count). The molecule has 1 heterocycles. The number of nitrogens with one attached hydrogen (secondary N) is 2. The second-order valence-electron chi connectivity index (χ2n) is 4.21. The van der Waals surface area contributed by atoms with E-state index in [0.29, 0.717) is 13.0 Å². The van der Waals surface area contributed by atoms with Gasteiger partial charge in [-0.1, -0.05) is 12.1 Å². The predicted molar refractivity (Wildman–Crippen MR) is 80.3 cm³/mol. The molecule has 7 heteroatoms. The van der Waals surface area contributed by atoms with Crippen LogP contribution in [0, 0.1) is 5.82 Å². The molecule has 0 spiro atoms. The summed E-state index contributed by atoms with van der Waals surface area (Å²) in [5.74, 6) is -0.694. The normalized spacial score (nSPS) is 10.2. The summed E-state index contributed by atoms with van der Waals surface area (Å²) >= 11 is 1.52. The summed E-state index contributed by atoms with van der Waals surface area (Å²) in [6, 6.07) is 5.99. The van der Waals surface area contributed by atoms with Crippen molar-refractivity contribution in [3.63, 3.8) is 0 Å². The highest BCUT2D eigenvalue weighted by Crippen LogP contribution is 2.15. The molecule has 0 saturated carbocycles. The molecule has 0 bridgehead atoms. The zero-order chi connectivity index (χ0) is 15.1. The van der Waals surface area contributed by atoms with E-state index in [-0.39, 0.29) is 18.3 Å². The van der Waals surface area contributed by atoms with Crippen LogP contribution in [0.1, 0.15) is 5.69 Å². The summed E-state index contributed by atoms with van der Waals surface area (Å²) in [5.41, 5.74) is 0.916. The molecule has 0 aliphatic heterocycles. The number of para-hydroxylation sites is 1. The van der Waals surface area contributed by atoms with Crippen molar-refractivity contribution in [3.05, 3.63) is 41.2 Å². The largest absolute Gasteiger partial charge is 0.481 e. The summed E-state index contributed by atoms with van der Waals surface area (Å²) in [7, 11) is 1.81. The Morgan fingerprint density at radius 1 is 1.43 bits per heavy atom. The van der Waals surface area contributed by atoms with Gasteiger partial charge in [0.15, 0.2) is 23.3 Å². The number of amides is 1. The molecule has 0 unspecified atom stereocenters. The number of ether oxygens (including phenoxy) is 1. The van der Waals surface area contributed by atoms with E-state index in [1.165, 1.54) is 23.5 Å². The molecule has 0 saturated heterocycles. The van der Waals surface area contributed by atoms with E-state index >= 15 is 0 Å². The minimum Gasteiger partial charge on any atom is -0.481 e. The number of anilines is 1. The van der Waals surface area contributed by atoms with E-state index < -0.39 is 5.82 Å². The first-order chi connectivity index (χ1) is 10.2. The molecule has 5 nitrogen and oxygen atoms in total. The van der Waals surface area contributed by atoms with Gasteiger partial charge < -0.3 is 15.4 Å². The lowest BCUT2D eigenvalue weighted by atomic mass is 10.3. The molecule has 0 aliphatic carbocycles. The van der Waals surface area contributed by atoms with Gasteiger partial charge in [0, 0.05) is 25.4 Å². The summed E-state index contributed by atoms with van der Waals surface area (Å²) in [4.78, 5) is 15.9. The molecule has 2 aromatic rings. The Bertz CT molecular complexity index is 603. The van der Waals surface area contributed by atoms with Gasteiger partial charge in [0.25, 0.3) is 5.91 Å². The number of rotatable bonds is 7. The third-order valence-corrected chi connectivity index (χ3v) is 3.57. The number of hydrogen-bond acceptors (Lipinski definition) is 5. The number of carbonyl (C=O) groups excluding carboxylic acids is 1. The fourth-order valence-electron chi connectivity index (χ4n) is 1.62. The van der Waals surface area contributed by atoms with Crippen LogP contribution in [0.5, 0.6) is 5.75 Å². The highest BCUT2D eigenvalue weighted by atomic mass is 32.1. The van der Waals surface area contributed by atoms with Gasteiger partial charge in [-0.3, -0.25) is 4.79 Å². The number of hydrogen-bond donors (Lipinski definition) is 2. The van der Waals surface area contributed by atoms with Gasteiger partial charge in [-0.15, -0.1) is 11.3 Å². The molecule has 0 atom stereocenters. The molecule has 1 amide bonds. The molecule has 0 aliphatic rings. The van der Waals surface area contributed by atoms with Crippen LogP contribution in [0.4, 0.5) is 9.52 Å². The second-order valence-corrected chi connectivity index (χ2v) is 5.07. The third kappa shape index (κ3) is 4.71. The van der Waals surface area contributed by atoms with Gasteiger partial charge in [0.05, 0.1) is 5.69 Å². The first kappa shape index (κ1) is 15.2. The van der Waals surface area contributed by atoms with E-state index in [4.69, 9.17) is 4.74 Å². The Balaban J connectivity index is 1.69. The SMILES string of the molecule is CNc1nc(CCNC(=O)COc2ccccc2F)cs1. The zero-order valence-electron chi connectivity index (χ0n) is 11.6. The number of nitrogens with zero attached hydrogens (tertiary/aromatic N) is 1. The van der Waals surface area contributed by atoms with Crippen molar-refractivity contribution < 1.29 is 13.9 Å². The molecular weight excluding hydrogens is 293 g/mol. The highest BCUT2D eigenvalue weighted by Gasteiger charge is 2.06. The van der Waals surface area contributed by atoms with Gasteiger partial charge in [-0.05, 0) is 12.1 Å². The van der Waals surface area contributed by atoms with Crippen LogP contribution in [-0.4, -0.2) is 31.1 Å². The average molecular weight is 309 g/mol. The van der Waals surface area contributed by atoms with Gasteiger partial charge in [0.1, 0.15) is 0 Å². The van der Waals surface area contributed by atoms with Crippen molar-refractivity contribution in [1.29, 1.82) is 0 Å². The van der Waals surface area contributed by atoms with Crippen LogP contribution < -0.4 is 15.4 Å². The molecule has 0 fully saturated rings. The standard InChI is InChI=1S/C14H16FN3O2S/c1-16-14-18-10(9-21-14)6-7-17-13(19)8-20-12-5-3-2-4-11(12)15/h2-5,9H,6-8H2,1H3,(H,16,18)(H,17,19). The maximum Gasteiger partial charge on any atom is 0.257 e. The van der Waals surface area contributed by atoms with Crippen molar-refractivity contribution in [1.82, 2.24) is 10.3 Å². The average Bonchev–Trinajstić information content (AvgIpc) is 2.94. The Kier molecular flexibility index (Phi) is 5.51. The third-order valence-electron chi connectivity index (χ3n) is 2.66. The quantitative estimate of drug-likeness (QED) is 0.822. The van der Waals surface area contributed by atoms with Crippen LogP contribution >= 0.6 is 11.3 Å². The summed E-state index contributed by atoms with van der Waals surface area (Å²) in [5, 5.41) is 8.45. The molecule has 1 aromatic carbocycles. The van der Waals surface area contributed by atoms with Crippen LogP contribution in [0.2, 0.25) is 0 Å². The highest BCUT2D eigenvalue weighted by molar-refractivity contribution is 7.13. The van der Waals surface area contributed by atoms with Crippen molar-refractivity contribution in [3.8, 4) is 5.75 Å². The Morgan fingerprint density at radius 3 is 2.95 bits per heavy atom. The number of thiazole rings is 1. The number of halogens is 1. The summed E-state index contributed by atoms with van der Waals surface area (Å²) < 4.78 is 18.4. The maximum atomic E-state index is 13.3. The van der Waals surface area contributed by atoms with Crippen LogP contribution in [0.25, 0.3) is 0 Å². The lowest BCUT2D eigenvalue weighted by Crippen LogP contribution is -2.30. The fourth-order valence-corrected chi connectivity index (χ4v) is 2.33. The smallest absolute Gasteiger partial charge is 0.257 e. The van der Waals surface area contributed by atoms with Gasteiger partial charge in [-0.25, -0.2) is 9.37 Å². The first-order valence-electron chi connectivity index (χ1n) is 6.45. The van der Waals surface area contributed by atoms with Crippen molar-refractivity contribution in [2.24, 2.45) is 0 Å². The first-order valence-corrected chi connectivity index (χ1v) is 7.33. The lowest BCUT2D eigenvalue weighted by Gasteiger charge is -2.07. The molecule has 21 heavy (non-hydrogen) atoms. The topological polar surface area (TPSA) is 63.2 Å². The minimum absolute atomic E-state index is 0.0748. The van der Waals surface area contributed by atoms with Crippen LogP contribution in [0.15, 0.2) is 29.6 Å². The molecular formula is C14H16FN3O2S. The maximum absolute atomic E-state index is 13.3. The van der Waals surface area contributed by atoms with Crippen LogP contribution in [0.3, 0.4) is 0 Å². The number of aromatic nitrogens is 1. The van der Waals surface area contributed by atoms with Crippen molar-refractivity contribution in [2.45, 2.75) is 6.42 Å². The monoisotopic (exact) mass is 309 g/mol. The Hall–Kier alpha value is -2.15. The lowest BCUT2D eigenvalue weighted by molar-refractivity contribution is -0.123. The van der Waals surface area contributed by atoms with Crippen molar-refractivity contribution >= 4 is 22.4 Å². The zero-order valence-corrected chi connectivity index (χ0v) is 12.4. The second kappa shape index (κ2) is 7.58. The van der Waals surface area contributed by atoms with E-state index in [1.807, 2.05) is 12.4 Å². The van der Waals surface area contributed by atoms with E-state index in [2.05, 4.69) is 15.6 Å². The van der Waals surface area contributed by atoms with Gasteiger partial charge in [0.2, 0.25) is 0 Å². The number of benzene rings is 1. The Morgan fingerprint density at radius 2 is 2.24 bits per heavy atom. The summed E-state index contributed by atoms with van der Waals surface area (Å²) in [6.07, 6.45) is 0.642. The molecule has 2 N–H and O–H groups in total. The van der Waals surface area contributed by atoms with Gasteiger partial charge >= 0.3 is 0 Å². The van der Waals surface area contributed by atoms with E-state index in [0.717, 1.165) is 10.8 Å². The fraction of sp³-hybridized carbons (Fsp3) is 0.286. The molecule has 1 aromatic heterocycles. The van der Waals surface area contributed by atoms with Gasteiger partial charge in [-0.2, -0.15) is 0 Å². The number of carbonyl (C=O) groups is 1. The van der Waals surface area contributed by atoms with Crippen LogP contribution in [-0.2, 0) is 11.2 Å². The molecule has 112 valence electrons. The molecule has 0 radical (unpaired) electrons. The minimum atomic E-state index is -0.479. The predicted octanol–water partition coefficient (Wildman–Crippen LogP) is 2.06. The Labute approximate surface area is 126 Å². The van der Waals surface area contributed by atoms with E-state index in [9.17, 15) is 9.18 Å². The summed E-state index contributed by atoms with van der Waals surface area (Å²) in [6.45, 7) is 0.256. The van der Waals surface area contributed by atoms with Crippen molar-refractivity contribution in [2.75, 3.05) is 25.5 Å². The van der Waals surface area contributed by atoms with E-state index in [1.54, 1.807) is 12.1 Å².